The van der Waals surface area contributed by atoms with Crippen LogP contribution < -0.4 is 11.2 Å². The Hall–Kier alpha value is -2.31. The molecule has 0 amide bonds. The smallest absolute Gasteiger partial charge is 0.311 e. The number of aryl methyl sites for hydroxylation is 2. The third kappa shape index (κ3) is 2.22. The van der Waals surface area contributed by atoms with Gasteiger partial charge < -0.3 is 4.57 Å². The maximum atomic E-state index is 13.0. The van der Waals surface area contributed by atoms with Gasteiger partial charge in [-0.25, -0.2) is 4.79 Å². The molecule has 0 aromatic carbocycles. The predicted octanol–water partition coefficient (Wildman–Crippen LogP) is 2.08. The van der Waals surface area contributed by atoms with E-state index < -0.39 is 0 Å². The second-order valence-corrected chi connectivity index (χ2v) is 7.00. The second-order valence-electron chi connectivity index (χ2n) is 7.00. The molecule has 0 aliphatic carbocycles. The first-order valence-corrected chi connectivity index (χ1v) is 8.47. The molecule has 0 aliphatic rings. The highest BCUT2D eigenvalue weighted by molar-refractivity contribution is 5.75. The lowest BCUT2D eigenvalue weighted by molar-refractivity contribution is 0.484. The van der Waals surface area contributed by atoms with Gasteiger partial charge in [0.05, 0.1) is 0 Å². The molecule has 0 fully saturated rings. The average molecular weight is 331 g/mol. The van der Waals surface area contributed by atoms with Gasteiger partial charge in [-0.3, -0.25) is 18.3 Å². The lowest BCUT2D eigenvalue weighted by Crippen LogP contribution is -2.40. The molecule has 24 heavy (non-hydrogen) atoms. The van der Waals surface area contributed by atoms with Crippen LogP contribution in [0.15, 0.2) is 15.8 Å². The maximum Gasteiger partial charge on any atom is 0.332 e. The fourth-order valence-electron chi connectivity index (χ4n) is 3.28. The molecular weight excluding hydrogens is 306 g/mol. The molecule has 0 aliphatic heterocycles. The van der Waals surface area contributed by atoms with Gasteiger partial charge in [0.2, 0.25) is 5.78 Å². The highest BCUT2D eigenvalue weighted by Gasteiger charge is 2.21. The van der Waals surface area contributed by atoms with Crippen molar-refractivity contribution < 1.29 is 0 Å². The molecule has 0 saturated heterocycles. The first-order valence-electron chi connectivity index (χ1n) is 8.47. The lowest BCUT2D eigenvalue weighted by atomic mass is 10.2. The van der Waals surface area contributed by atoms with Crippen molar-refractivity contribution in [3.63, 3.8) is 0 Å². The van der Waals surface area contributed by atoms with E-state index in [1.54, 1.807) is 7.05 Å². The van der Waals surface area contributed by atoms with E-state index in [4.69, 9.17) is 0 Å². The molecule has 0 N–H and O–H groups in total. The highest BCUT2D eigenvalue weighted by atomic mass is 16.2. The van der Waals surface area contributed by atoms with Crippen molar-refractivity contribution in [2.75, 3.05) is 0 Å². The van der Waals surface area contributed by atoms with Gasteiger partial charge in [-0.05, 0) is 26.2 Å². The molecule has 3 rings (SSSR count). The summed E-state index contributed by atoms with van der Waals surface area (Å²) >= 11 is 0. The number of aromatic nitrogens is 5. The van der Waals surface area contributed by atoms with Crippen LogP contribution in [0.5, 0.6) is 0 Å². The van der Waals surface area contributed by atoms with E-state index in [9.17, 15) is 9.59 Å². The lowest BCUT2D eigenvalue weighted by Gasteiger charge is -2.12. The Bertz CT molecular complexity index is 1030. The molecular formula is C17H25N5O2. The van der Waals surface area contributed by atoms with Crippen LogP contribution in [0, 0.1) is 12.8 Å². The monoisotopic (exact) mass is 331 g/mol. The summed E-state index contributed by atoms with van der Waals surface area (Å²) < 4.78 is 6.74. The zero-order chi connectivity index (χ0) is 17.8. The zero-order valence-corrected chi connectivity index (χ0v) is 15.2. The molecule has 0 bridgehead atoms. The quantitative estimate of drug-likeness (QED) is 0.735. The van der Waals surface area contributed by atoms with Crippen LogP contribution in [-0.2, 0) is 13.6 Å². The Labute approximate surface area is 140 Å². The largest absolute Gasteiger partial charge is 0.332 e. The summed E-state index contributed by atoms with van der Waals surface area (Å²) in [6, 6.07) is 0.272. The van der Waals surface area contributed by atoms with Gasteiger partial charge in [0, 0.05) is 31.5 Å². The number of fused-ring (bicyclic) bond motifs is 3. The van der Waals surface area contributed by atoms with Gasteiger partial charge in [0.1, 0.15) is 0 Å². The Morgan fingerprint density at radius 2 is 1.88 bits per heavy atom. The molecule has 3 aromatic rings. The summed E-state index contributed by atoms with van der Waals surface area (Å²) in [5.74, 6) is 0.925. The average Bonchev–Trinajstić information content (AvgIpc) is 3.03. The van der Waals surface area contributed by atoms with E-state index in [0.717, 1.165) is 12.1 Å². The van der Waals surface area contributed by atoms with Crippen LogP contribution in [0.25, 0.3) is 16.9 Å². The normalized spacial score (nSPS) is 13.5. The number of hydrogen-bond donors (Lipinski definition) is 0. The Kier molecular flexibility index (Phi) is 3.89. The molecule has 0 unspecified atom stereocenters. The van der Waals surface area contributed by atoms with Crippen molar-refractivity contribution in [2.24, 2.45) is 13.0 Å². The van der Waals surface area contributed by atoms with Crippen molar-refractivity contribution in [2.45, 2.75) is 53.6 Å². The number of nitrogens with zero attached hydrogens (tertiary/aromatic N) is 5. The van der Waals surface area contributed by atoms with E-state index >= 15 is 0 Å². The van der Waals surface area contributed by atoms with Gasteiger partial charge in [0.15, 0.2) is 11.2 Å². The number of rotatable bonds is 4. The minimum atomic E-state index is -0.311. The fourth-order valence-corrected chi connectivity index (χ4v) is 3.28. The van der Waals surface area contributed by atoms with E-state index in [1.807, 2.05) is 31.4 Å². The predicted molar refractivity (Wildman–Crippen MR) is 94.8 cm³/mol. The molecule has 7 heteroatoms. The topological polar surface area (TPSA) is 66.2 Å². The third-order valence-electron chi connectivity index (χ3n) is 4.65. The molecule has 0 saturated carbocycles. The van der Waals surface area contributed by atoms with Crippen molar-refractivity contribution in [3.05, 3.63) is 32.7 Å². The van der Waals surface area contributed by atoms with Crippen molar-refractivity contribution in [1.82, 2.24) is 23.1 Å². The van der Waals surface area contributed by atoms with Gasteiger partial charge in [-0.1, -0.05) is 20.8 Å². The summed E-state index contributed by atoms with van der Waals surface area (Å²) in [7, 11) is 1.67. The molecule has 0 spiro atoms. The summed E-state index contributed by atoms with van der Waals surface area (Å²) in [5, 5.41) is 0. The summed E-state index contributed by atoms with van der Waals surface area (Å²) in [6.45, 7) is 10.6. The Morgan fingerprint density at radius 3 is 2.46 bits per heavy atom. The second kappa shape index (κ2) is 5.65. The van der Waals surface area contributed by atoms with Crippen LogP contribution in [-0.4, -0.2) is 23.1 Å². The highest BCUT2D eigenvalue weighted by Crippen LogP contribution is 2.22. The fraction of sp³-hybridized carbons (Fsp3) is 0.588. The maximum absolute atomic E-state index is 13.0. The van der Waals surface area contributed by atoms with Crippen molar-refractivity contribution in [1.29, 1.82) is 0 Å². The summed E-state index contributed by atoms with van der Waals surface area (Å²) in [5.41, 5.74) is 1.39. The molecule has 3 heterocycles. The molecule has 7 nitrogen and oxygen atoms in total. The van der Waals surface area contributed by atoms with Gasteiger partial charge in [0.25, 0.3) is 5.56 Å². The molecule has 130 valence electrons. The van der Waals surface area contributed by atoms with Crippen LogP contribution in [0.1, 0.15) is 45.9 Å². The Balaban J connectivity index is 2.46. The van der Waals surface area contributed by atoms with Crippen LogP contribution >= 0.6 is 0 Å². The van der Waals surface area contributed by atoms with Gasteiger partial charge in [-0.15, -0.1) is 0 Å². The van der Waals surface area contributed by atoms with E-state index in [2.05, 4.69) is 23.4 Å². The first kappa shape index (κ1) is 16.5. The van der Waals surface area contributed by atoms with Crippen LogP contribution in [0.4, 0.5) is 0 Å². The summed E-state index contributed by atoms with van der Waals surface area (Å²) in [4.78, 5) is 30.1. The van der Waals surface area contributed by atoms with Crippen LogP contribution in [0.2, 0.25) is 0 Å². The minimum Gasteiger partial charge on any atom is -0.311 e. The Morgan fingerprint density at radius 1 is 1.21 bits per heavy atom. The van der Waals surface area contributed by atoms with E-state index in [-0.39, 0.29) is 23.2 Å². The zero-order valence-electron chi connectivity index (χ0n) is 15.2. The van der Waals surface area contributed by atoms with Gasteiger partial charge >= 0.3 is 5.69 Å². The van der Waals surface area contributed by atoms with Crippen molar-refractivity contribution >= 4 is 16.9 Å². The van der Waals surface area contributed by atoms with E-state index in [1.165, 1.54) is 9.13 Å². The number of imidazole rings is 2. The SMILES string of the molecule is CC[C@H](C)n1c(C)cn2c3c(=O)n(CC(C)C)c(=O)n(C)c3nc12. The minimum absolute atomic E-state index is 0.211. The molecule has 3 aromatic heterocycles. The third-order valence-corrected chi connectivity index (χ3v) is 4.65. The summed E-state index contributed by atoms with van der Waals surface area (Å²) in [6.07, 6.45) is 2.90. The van der Waals surface area contributed by atoms with E-state index in [0.29, 0.717) is 23.5 Å². The van der Waals surface area contributed by atoms with Crippen molar-refractivity contribution in [3.8, 4) is 0 Å². The molecule has 0 radical (unpaired) electrons. The number of hydrogen-bond acceptors (Lipinski definition) is 3. The molecule has 1 atom stereocenters. The van der Waals surface area contributed by atoms with Gasteiger partial charge in [-0.2, -0.15) is 4.98 Å². The first-order chi connectivity index (χ1) is 11.3. The standard InChI is InChI=1S/C17H25N5O2/c1-7-11(4)22-12(5)9-20-13-14(18-16(20)22)19(6)17(24)21(15(13)23)8-10(2)3/h9-11H,7-8H2,1-6H3/t11-/m0/s1. The van der Waals surface area contributed by atoms with Crippen LogP contribution in [0.3, 0.4) is 0 Å².